The molecule has 3 nitrogen and oxygen atoms in total. The van der Waals surface area contributed by atoms with Crippen molar-refractivity contribution in [3.05, 3.63) is 35.9 Å². The van der Waals surface area contributed by atoms with Crippen molar-refractivity contribution in [2.75, 3.05) is 33.2 Å². The van der Waals surface area contributed by atoms with Gasteiger partial charge in [0, 0.05) is 26.7 Å². The van der Waals surface area contributed by atoms with Crippen molar-refractivity contribution in [2.45, 2.75) is 12.8 Å². The fourth-order valence-corrected chi connectivity index (χ4v) is 2.17. The number of rotatable bonds is 3. The first-order chi connectivity index (χ1) is 8.25. The monoisotopic (exact) mass is 232 g/mol. The van der Waals surface area contributed by atoms with Crippen molar-refractivity contribution in [3.63, 3.8) is 0 Å². The minimum Gasteiger partial charge on any atom is -0.345 e. The van der Waals surface area contributed by atoms with Gasteiger partial charge in [-0.3, -0.25) is 9.69 Å². The normalized spacial score (nSPS) is 18.2. The second-order valence-corrected chi connectivity index (χ2v) is 4.68. The number of hydrogen-bond donors (Lipinski definition) is 0. The maximum absolute atomic E-state index is 11.7. The van der Waals surface area contributed by atoms with Crippen LogP contribution in [0.15, 0.2) is 30.3 Å². The van der Waals surface area contributed by atoms with Crippen LogP contribution in [0.5, 0.6) is 0 Å². The van der Waals surface area contributed by atoms with Gasteiger partial charge < -0.3 is 4.90 Å². The summed E-state index contributed by atoms with van der Waals surface area (Å²) in [5.41, 5.74) is 1.34. The minimum atomic E-state index is 0.246. The summed E-state index contributed by atoms with van der Waals surface area (Å²) in [6.45, 7) is 3.47. The van der Waals surface area contributed by atoms with Gasteiger partial charge >= 0.3 is 0 Å². The van der Waals surface area contributed by atoms with E-state index in [1.54, 1.807) is 0 Å². The Balaban J connectivity index is 1.85. The lowest BCUT2D eigenvalue weighted by Crippen LogP contribution is -2.35. The second kappa shape index (κ2) is 5.82. The third-order valence-corrected chi connectivity index (χ3v) is 3.31. The van der Waals surface area contributed by atoms with E-state index in [-0.39, 0.29) is 5.91 Å². The average molecular weight is 232 g/mol. The molecule has 0 radical (unpaired) electrons. The summed E-state index contributed by atoms with van der Waals surface area (Å²) in [4.78, 5) is 15.8. The Kier molecular flexibility index (Phi) is 4.15. The van der Waals surface area contributed by atoms with Crippen LogP contribution in [0.4, 0.5) is 0 Å². The van der Waals surface area contributed by atoms with Crippen LogP contribution < -0.4 is 0 Å². The predicted molar refractivity (Wildman–Crippen MR) is 68.8 cm³/mol. The molecule has 1 saturated heterocycles. The molecule has 1 heterocycles. The molecule has 0 atom stereocenters. The Morgan fingerprint density at radius 3 is 2.71 bits per heavy atom. The second-order valence-electron chi connectivity index (χ2n) is 4.68. The van der Waals surface area contributed by atoms with E-state index in [1.165, 1.54) is 5.56 Å². The van der Waals surface area contributed by atoms with Gasteiger partial charge in [-0.15, -0.1) is 0 Å². The fraction of sp³-hybridized carbons (Fsp3) is 0.500. The highest BCUT2D eigenvalue weighted by molar-refractivity contribution is 5.78. The number of carbonyl (C=O) groups is 1. The van der Waals surface area contributed by atoms with Crippen LogP contribution >= 0.6 is 0 Å². The first kappa shape index (κ1) is 12.1. The van der Waals surface area contributed by atoms with Crippen LogP contribution in [0, 0.1) is 0 Å². The number of likely N-dealkylation sites (N-methyl/N-ethyl adjacent to an activating group) is 1. The SMILES string of the molecule is CN1CCCN(CCc2ccccc2)CC1=O. The van der Waals surface area contributed by atoms with Crippen LogP contribution in [0.2, 0.25) is 0 Å². The average Bonchev–Trinajstić information content (AvgIpc) is 2.51. The molecule has 0 aromatic heterocycles. The highest BCUT2D eigenvalue weighted by Gasteiger charge is 2.18. The van der Waals surface area contributed by atoms with E-state index in [9.17, 15) is 4.79 Å². The predicted octanol–water partition coefficient (Wildman–Crippen LogP) is 1.39. The minimum absolute atomic E-state index is 0.246. The highest BCUT2D eigenvalue weighted by Crippen LogP contribution is 2.05. The molecular formula is C14H20N2O. The van der Waals surface area contributed by atoms with Crippen molar-refractivity contribution >= 4 is 5.91 Å². The molecule has 0 bridgehead atoms. The molecule has 3 heteroatoms. The molecule has 1 aliphatic heterocycles. The quantitative estimate of drug-likeness (QED) is 0.786. The molecule has 1 aromatic carbocycles. The van der Waals surface area contributed by atoms with E-state index in [4.69, 9.17) is 0 Å². The molecule has 0 spiro atoms. The maximum atomic E-state index is 11.7. The van der Waals surface area contributed by atoms with E-state index in [0.717, 1.165) is 32.5 Å². The van der Waals surface area contributed by atoms with Crippen molar-refractivity contribution in [3.8, 4) is 0 Å². The molecule has 0 saturated carbocycles. The molecule has 1 aliphatic rings. The lowest BCUT2D eigenvalue weighted by molar-refractivity contribution is -0.129. The van der Waals surface area contributed by atoms with Gasteiger partial charge in [-0.05, 0) is 18.4 Å². The molecule has 0 N–H and O–H groups in total. The van der Waals surface area contributed by atoms with Gasteiger partial charge in [0.05, 0.1) is 6.54 Å². The zero-order chi connectivity index (χ0) is 12.1. The Hall–Kier alpha value is -1.35. The van der Waals surface area contributed by atoms with E-state index >= 15 is 0 Å². The molecule has 17 heavy (non-hydrogen) atoms. The molecule has 0 unspecified atom stereocenters. The smallest absolute Gasteiger partial charge is 0.236 e. The lowest BCUT2D eigenvalue weighted by atomic mass is 10.1. The number of nitrogens with zero attached hydrogens (tertiary/aromatic N) is 2. The molecule has 1 amide bonds. The first-order valence-corrected chi connectivity index (χ1v) is 6.26. The molecule has 1 aromatic rings. The van der Waals surface area contributed by atoms with Crippen LogP contribution in [0.1, 0.15) is 12.0 Å². The number of amides is 1. The van der Waals surface area contributed by atoms with Crippen LogP contribution in [-0.2, 0) is 11.2 Å². The third kappa shape index (κ3) is 3.56. The zero-order valence-corrected chi connectivity index (χ0v) is 10.4. The summed E-state index contributed by atoms with van der Waals surface area (Å²) in [7, 11) is 1.89. The summed E-state index contributed by atoms with van der Waals surface area (Å²) >= 11 is 0. The van der Waals surface area contributed by atoms with Crippen LogP contribution in [-0.4, -0.2) is 48.9 Å². The summed E-state index contributed by atoms with van der Waals surface area (Å²) < 4.78 is 0. The number of carbonyl (C=O) groups excluding carboxylic acids is 1. The topological polar surface area (TPSA) is 23.6 Å². The Labute approximate surface area is 103 Å². The van der Waals surface area contributed by atoms with Gasteiger partial charge in [0.2, 0.25) is 5.91 Å². The van der Waals surface area contributed by atoms with Gasteiger partial charge in [-0.1, -0.05) is 30.3 Å². The molecule has 1 fully saturated rings. The fourth-order valence-electron chi connectivity index (χ4n) is 2.17. The Morgan fingerprint density at radius 2 is 1.94 bits per heavy atom. The van der Waals surface area contributed by atoms with Gasteiger partial charge in [0.25, 0.3) is 0 Å². The summed E-state index contributed by atoms with van der Waals surface area (Å²) in [6.07, 6.45) is 2.11. The largest absolute Gasteiger partial charge is 0.345 e. The van der Waals surface area contributed by atoms with Gasteiger partial charge in [0.1, 0.15) is 0 Å². The van der Waals surface area contributed by atoms with Crippen LogP contribution in [0.25, 0.3) is 0 Å². The first-order valence-electron chi connectivity index (χ1n) is 6.26. The molecular weight excluding hydrogens is 212 g/mol. The summed E-state index contributed by atoms with van der Waals surface area (Å²) in [6, 6.07) is 10.5. The van der Waals surface area contributed by atoms with Gasteiger partial charge in [0.15, 0.2) is 0 Å². The van der Waals surface area contributed by atoms with Gasteiger partial charge in [-0.25, -0.2) is 0 Å². The highest BCUT2D eigenvalue weighted by atomic mass is 16.2. The van der Waals surface area contributed by atoms with Crippen molar-refractivity contribution in [1.82, 2.24) is 9.80 Å². The van der Waals surface area contributed by atoms with Crippen LogP contribution in [0.3, 0.4) is 0 Å². The van der Waals surface area contributed by atoms with E-state index in [1.807, 2.05) is 18.0 Å². The van der Waals surface area contributed by atoms with E-state index < -0.39 is 0 Å². The molecule has 2 rings (SSSR count). The molecule has 0 aliphatic carbocycles. The standard InChI is InChI=1S/C14H20N2O/c1-15-9-5-10-16(12-14(15)17)11-8-13-6-3-2-4-7-13/h2-4,6-7H,5,8-12H2,1H3. The van der Waals surface area contributed by atoms with Crippen molar-refractivity contribution < 1.29 is 4.79 Å². The van der Waals surface area contributed by atoms with E-state index in [0.29, 0.717) is 6.54 Å². The summed E-state index contributed by atoms with van der Waals surface area (Å²) in [5.74, 6) is 0.246. The Morgan fingerprint density at radius 1 is 1.18 bits per heavy atom. The number of benzene rings is 1. The lowest BCUT2D eigenvalue weighted by Gasteiger charge is -2.19. The zero-order valence-electron chi connectivity index (χ0n) is 10.4. The van der Waals surface area contributed by atoms with Gasteiger partial charge in [-0.2, -0.15) is 0 Å². The van der Waals surface area contributed by atoms with Crippen molar-refractivity contribution in [2.24, 2.45) is 0 Å². The summed E-state index contributed by atoms with van der Waals surface area (Å²) in [5, 5.41) is 0. The Bertz CT molecular complexity index is 364. The van der Waals surface area contributed by atoms with Crippen molar-refractivity contribution in [1.29, 1.82) is 0 Å². The maximum Gasteiger partial charge on any atom is 0.236 e. The number of hydrogen-bond acceptors (Lipinski definition) is 2. The third-order valence-electron chi connectivity index (χ3n) is 3.31. The molecule has 92 valence electrons. The van der Waals surface area contributed by atoms with E-state index in [2.05, 4.69) is 29.2 Å².